The van der Waals surface area contributed by atoms with Crippen LogP contribution >= 0.6 is 11.3 Å². The predicted octanol–water partition coefficient (Wildman–Crippen LogP) is 3.77. The third-order valence-corrected chi connectivity index (χ3v) is 3.90. The molecule has 3 aromatic rings. The van der Waals surface area contributed by atoms with Crippen molar-refractivity contribution < 1.29 is 9.84 Å². The Bertz CT molecular complexity index is 721. The van der Waals surface area contributed by atoms with E-state index in [4.69, 9.17) is 10.5 Å². The summed E-state index contributed by atoms with van der Waals surface area (Å²) in [7, 11) is 0. The second-order valence-corrected chi connectivity index (χ2v) is 5.21. The second kappa shape index (κ2) is 4.82. The van der Waals surface area contributed by atoms with E-state index in [0.29, 0.717) is 12.4 Å². The van der Waals surface area contributed by atoms with Crippen LogP contribution < -0.4 is 10.5 Å². The van der Waals surface area contributed by atoms with Crippen LogP contribution in [0, 0.1) is 0 Å². The molecule has 0 aliphatic carbocycles. The molecule has 1 aromatic heterocycles. The fraction of sp³-hybridized carbons (Fsp3) is 0.0667. The molecule has 0 unspecified atom stereocenters. The van der Waals surface area contributed by atoms with Gasteiger partial charge in [-0.3, -0.25) is 0 Å². The van der Waals surface area contributed by atoms with Crippen molar-refractivity contribution in [3.8, 4) is 11.5 Å². The second-order valence-electron chi connectivity index (χ2n) is 4.30. The van der Waals surface area contributed by atoms with E-state index in [9.17, 15) is 5.11 Å². The summed E-state index contributed by atoms with van der Waals surface area (Å²) >= 11 is 1.68. The molecular formula is C15H13NO2S. The Hall–Kier alpha value is -2.20. The van der Waals surface area contributed by atoms with Crippen LogP contribution in [0.5, 0.6) is 11.5 Å². The zero-order chi connectivity index (χ0) is 13.2. The molecule has 3 rings (SSSR count). The summed E-state index contributed by atoms with van der Waals surface area (Å²) in [6.07, 6.45) is 0. The maximum absolute atomic E-state index is 9.38. The molecule has 0 aliphatic rings. The topological polar surface area (TPSA) is 55.5 Å². The average molecular weight is 271 g/mol. The molecule has 0 bridgehead atoms. The van der Waals surface area contributed by atoms with Crippen molar-refractivity contribution in [1.29, 1.82) is 0 Å². The van der Waals surface area contributed by atoms with Crippen molar-refractivity contribution in [3.05, 3.63) is 53.4 Å². The normalized spacial score (nSPS) is 10.7. The lowest BCUT2D eigenvalue weighted by Gasteiger charge is -2.06. The van der Waals surface area contributed by atoms with Gasteiger partial charge in [-0.15, -0.1) is 11.3 Å². The number of hydrogen-bond donors (Lipinski definition) is 2. The van der Waals surface area contributed by atoms with E-state index in [1.165, 1.54) is 4.70 Å². The Kier molecular flexibility index (Phi) is 3.01. The lowest BCUT2D eigenvalue weighted by atomic mass is 10.2. The van der Waals surface area contributed by atoms with Gasteiger partial charge in [0.15, 0.2) is 0 Å². The molecule has 0 fully saturated rings. The zero-order valence-corrected chi connectivity index (χ0v) is 11.0. The number of fused-ring (bicyclic) bond motifs is 1. The smallest absolute Gasteiger partial charge is 0.123 e. The summed E-state index contributed by atoms with van der Waals surface area (Å²) in [4.78, 5) is 0. The number of nitrogen functional groups attached to an aromatic ring is 1. The molecule has 3 nitrogen and oxygen atoms in total. The number of ether oxygens (including phenoxy) is 1. The highest BCUT2D eigenvalue weighted by atomic mass is 32.1. The number of thiophene rings is 1. The Morgan fingerprint density at radius 2 is 2.05 bits per heavy atom. The summed E-state index contributed by atoms with van der Waals surface area (Å²) in [5.74, 6) is 0.861. The molecule has 1 heterocycles. The average Bonchev–Trinajstić information content (AvgIpc) is 2.79. The zero-order valence-electron chi connectivity index (χ0n) is 10.2. The largest absolute Gasteiger partial charge is 0.508 e. The Morgan fingerprint density at radius 3 is 2.89 bits per heavy atom. The van der Waals surface area contributed by atoms with Gasteiger partial charge in [0.25, 0.3) is 0 Å². The molecule has 0 spiro atoms. The van der Waals surface area contributed by atoms with Crippen molar-refractivity contribution in [2.24, 2.45) is 0 Å². The van der Waals surface area contributed by atoms with Gasteiger partial charge in [0.1, 0.15) is 18.1 Å². The molecular weight excluding hydrogens is 258 g/mol. The first-order chi connectivity index (χ1) is 9.22. The SMILES string of the molecule is Nc1ccc2scc(COc3cccc(O)c3)c2c1. The Balaban J connectivity index is 1.84. The molecule has 4 heteroatoms. The van der Waals surface area contributed by atoms with E-state index < -0.39 is 0 Å². The number of rotatable bonds is 3. The van der Waals surface area contributed by atoms with Gasteiger partial charge in [-0.1, -0.05) is 6.07 Å². The van der Waals surface area contributed by atoms with Gasteiger partial charge in [-0.2, -0.15) is 0 Å². The summed E-state index contributed by atoms with van der Waals surface area (Å²) in [6.45, 7) is 0.465. The van der Waals surface area contributed by atoms with Gasteiger partial charge in [0.05, 0.1) is 0 Å². The van der Waals surface area contributed by atoms with Crippen LogP contribution in [0.1, 0.15) is 5.56 Å². The van der Waals surface area contributed by atoms with Crippen molar-refractivity contribution in [2.45, 2.75) is 6.61 Å². The first kappa shape index (κ1) is 11.9. The monoisotopic (exact) mass is 271 g/mol. The van der Waals surface area contributed by atoms with Gasteiger partial charge in [-0.05, 0) is 35.7 Å². The fourth-order valence-electron chi connectivity index (χ4n) is 1.95. The molecule has 0 radical (unpaired) electrons. The minimum absolute atomic E-state index is 0.205. The van der Waals surface area contributed by atoms with Gasteiger partial charge in [-0.25, -0.2) is 0 Å². The van der Waals surface area contributed by atoms with E-state index in [-0.39, 0.29) is 5.75 Å². The molecule has 0 atom stereocenters. The first-order valence-corrected chi connectivity index (χ1v) is 6.78. The quantitative estimate of drug-likeness (QED) is 0.713. The van der Waals surface area contributed by atoms with E-state index in [2.05, 4.69) is 5.38 Å². The van der Waals surface area contributed by atoms with Crippen LogP contribution in [0.4, 0.5) is 5.69 Å². The molecule has 2 aromatic carbocycles. The molecule has 0 saturated heterocycles. The minimum Gasteiger partial charge on any atom is -0.508 e. The first-order valence-electron chi connectivity index (χ1n) is 5.90. The minimum atomic E-state index is 0.205. The van der Waals surface area contributed by atoms with Crippen LogP contribution in [0.25, 0.3) is 10.1 Å². The lowest BCUT2D eigenvalue weighted by molar-refractivity contribution is 0.306. The standard InChI is InChI=1S/C15H13NO2S/c16-11-4-5-15-14(6-11)10(9-19-15)8-18-13-3-1-2-12(17)7-13/h1-7,9,17H,8,16H2. The highest BCUT2D eigenvalue weighted by molar-refractivity contribution is 7.17. The van der Waals surface area contributed by atoms with Gasteiger partial charge < -0.3 is 15.6 Å². The van der Waals surface area contributed by atoms with Gasteiger partial charge in [0, 0.05) is 27.4 Å². The van der Waals surface area contributed by atoms with Crippen molar-refractivity contribution >= 4 is 27.1 Å². The van der Waals surface area contributed by atoms with E-state index in [0.717, 1.165) is 16.6 Å². The summed E-state index contributed by atoms with van der Waals surface area (Å²) in [5, 5.41) is 12.6. The predicted molar refractivity (Wildman–Crippen MR) is 78.7 cm³/mol. The van der Waals surface area contributed by atoms with E-state index in [1.54, 1.807) is 29.5 Å². The summed E-state index contributed by atoms with van der Waals surface area (Å²) in [5.41, 5.74) is 7.67. The molecule has 0 aliphatic heterocycles. The molecule has 96 valence electrons. The van der Waals surface area contributed by atoms with Crippen LogP contribution in [0.2, 0.25) is 0 Å². The fourth-order valence-corrected chi connectivity index (χ4v) is 2.87. The molecule has 3 N–H and O–H groups in total. The summed E-state index contributed by atoms with van der Waals surface area (Å²) < 4.78 is 6.88. The molecule has 19 heavy (non-hydrogen) atoms. The number of benzene rings is 2. The van der Waals surface area contributed by atoms with Gasteiger partial charge in [0.2, 0.25) is 0 Å². The number of phenols is 1. The number of phenolic OH excluding ortho intramolecular Hbond substituents is 1. The lowest BCUT2D eigenvalue weighted by Crippen LogP contribution is -1.94. The van der Waals surface area contributed by atoms with Crippen LogP contribution in [-0.2, 0) is 6.61 Å². The van der Waals surface area contributed by atoms with E-state index >= 15 is 0 Å². The Morgan fingerprint density at radius 1 is 1.16 bits per heavy atom. The van der Waals surface area contributed by atoms with E-state index in [1.807, 2.05) is 24.3 Å². The molecule has 0 amide bonds. The van der Waals surface area contributed by atoms with Crippen molar-refractivity contribution in [3.63, 3.8) is 0 Å². The number of anilines is 1. The van der Waals surface area contributed by atoms with Crippen LogP contribution in [0.15, 0.2) is 47.8 Å². The van der Waals surface area contributed by atoms with Crippen LogP contribution in [-0.4, -0.2) is 5.11 Å². The maximum atomic E-state index is 9.38. The number of aromatic hydroxyl groups is 1. The maximum Gasteiger partial charge on any atom is 0.123 e. The summed E-state index contributed by atoms with van der Waals surface area (Å²) in [6, 6.07) is 12.7. The molecule has 0 saturated carbocycles. The van der Waals surface area contributed by atoms with Gasteiger partial charge >= 0.3 is 0 Å². The number of nitrogens with two attached hydrogens (primary N) is 1. The third kappa shape index (κ3) is 2.48. The third-order valence-electron chi connectivity index (χ3n) is 2.89. The van der Waals surface area contributed by atoms with Crippen molar-refractivity contribution in [2.75, 3.05) is 5.73 Å². The Labute approximate surface area is 114 Å². The highest BCUT2D eigenvalue weighted by Crippen LogP contribution is 2.29. The number of hydrogen-bond acceptors (Lipinski definition) is 4. The van der Waals surface area contributed by atoms with Crippen LogP contribution in [0.3, 0.4) is 0 Å². The highest BCUT2D eigenvalue weighted by Gasteiger charge is 2.05. The van der Waals surface area contributed by atoms with Crippen molar-refractivity contribution in [1.82, 2.24) is 0 Å².